The number of hydrogen-bond donors (Lipinski definition) is 2. The second kappa shape index (κ2) is 4.99. The molecule has 0 bridgehead atoms. The van der Waals surface area contributed by atoms with Crippen LogP contribution >= 0.6 is 15.9 Å². The Morgan fingerprint density at radius 1 is 1.61 bits per heavy atom. The number of aliphatic carboxylic acids is 1. The van der Waals surface area contributed by atoms with Gasteiger partial charge in [-0.05, 0) is 31.0 Å². The first-order valence-electron chi connectivity index (χ1n) is 5.94. The number of benzene rings is 1. The maximum absolute atomic E-state index is 11.1. The largest absolute Gasteiger partial charge is 0.480 e. The van der Waals surface area contributed by atoms with Gasteiger partial charge in [-0.1, -0.05) is 28.1 Å². The van der Waals surface area contributed by atoms with Crippen molar-refractivity contribution < 1.29 is 9.90 Å². The molecular formula is C13H17BrN2O2. The Bertz CT molecular complexity index is 466. The molecular weight excluding hydrogens is 296 g/mol. The van der Waals surface area contributed by atoms with Crippen LogP contribution in [0.15, 0.2) is 28.7 Å². The Kier molecular flexibility index (Phi) is 3.75. The van der Waals surface area contributed by atoms with Gasteiger partial charge in [0.05, 0.1) is 0 Å². The number of likely N-dealkylation sites (tertiary alicyclic amines) is 1. The van der Waals surface area contributed by atoms with Gasteiger partial charge in [0.25, 0.3) is 0 Å². The predicted octanol–water partition coefficient (Wildman–Crippen LogP) is 2.00. The van der Waals surface area contributed by atoms with Gasteiger partial charge < -0.3 is 10.8 Å². The van der Waals surface area contributed by atoms with Gasteiger partial charge in [0, 0.05) is 23.6 Å². The predicted molar refractivity (Wildman–Crippen MR) is 73.3 cm³/mol. The van der Waals surface area contributed by atoms with Crippen LogP contribution in [0.2, 0.25) is 0 Å². The summed E-state index contributed by atoms with van der Waals surface area (Å²) in [6.07, 6.45) is 0.501. The third-order valence-electron chi connectivity index (χ3n) is 3.64. The number of carboxylic acids is 1. The van der Waals surface area contributed by atoms with Crippen molar-refractivity contribution in [1.29, 1.82) is 0 Å². The van der Waals surface area contributed by atoms with Crippen molar-refractivity contribution in [2.75, 3.05) is 13.1 Å². The molecule has 2 rings (SSSR count). The molecule has 1 fully saturated rings. The van der Waals surface area contributed by atoms with Gasteiger partial charge in [-0.3, -0.25) is 9.69 Å². The van der Waals surface area contributed by atoms with E-state index >= 15 is 0 Å². The van der Waals surface area contributed by atoms with Crippen molar-refractivity contribution in [2.45, 2.75) is 24.9 Å². The van der Waals surface area contributed by atoms with Gasteiger partial charge in [0.1, 0.15) is 5.54 Å². The summed E-state index contributed by atoms with van der Waals surface area (Å²) in [6, 6.07) is 8.24. The van der Waals surface area contributed by atoms with Gasteiger partial charge in [-0.25, -0.2) is 0 Å². The minimum absolute atomic E-state index is 0.173. The smallest absolute Gasteiger partial charge is 0.325 e. The summed E-state index contributed by atoms with van der Waals surface area (Å²) in [7, 11) is 0. The minimum Gasteiger partial charge on any atom is -0.480 e. The van der Waals surface area contributed by atoms with Crippen LogP contribution in [0.4, 0.5) is 0 Å². The maximum Gasteiger partial charge on any atom is 0.325 e. The zero-order chi connectivity index (χ0) is 13.3. The average Bonchev–Trinajstić information content (AvgIpc) is 2.72. The molecule has 4 nitrogen and oxygen atoms in total. The van der Waals surface area contributed by atoms with Crippen LogP contribution in [-0.4, -0.2) is 34.6 Å². The van der Waals surface area contributed by atoms with E-state index in [1.165, 1.54) is 5.56 Å². The van der Waals surface area contributed by atoms with Crippen molar-refractivity contribution >= 4 is 21.9 Å². The maximum atomic E-state index is 11.1. The van der Waals surface area contributed by atoms with E-state index < -0.39 is 11.5 Å². The summed E-state index contributed by atoms with van der Waals surface area (Å²) in [5.74, 6) is -0.911. The van der Waals surface area contributed by atoms with Crippen molar-refractivity contribution in [1.82, 2.24) is 4.90 Å². The number of hydrogen-bond acceptors (Lipinski definition) is 3. The highest BCUT2D eigenvalue weighted by atomic mass is 79.9. The standard InChI is InChI=1S/C13H17BrN2O2/c1-9(10-3-2-4-11(14)7-10)16-6-5-13(15,8-16)12(17)18/h2-4,7,9H,5-6,8,15H2,1H3,(H,17,18). The Labute approximate surface area is 115 Å². The molecule has 1 aromatic rings. The van der Waals surface area contributed by atoms with E-state index in [2.05, 4.69) is 33.8 Å². The third-order valence-corrected chi connectivity index (χ3v) is 4.13. The fourth-order valence-corrected chi connectivity index (χ4v) is 2.76. The van der Waals surface area contributed by atoms with Crippen LogP contribution in [0.25, 0.3) is 0 Å². The summed E-state index contributed by atoms with van der Waals surface area (Å²) in [4.78, 5) is 13.2. The molecule has 0 aliphatic carbocycles. The molecule has 18 heavy (non-hydrogen) atoms. The number of rotatable bonds is 3. The summed E-state index contributed by atoms with van der Waals surface area (Å²) >= 11 is 3.45. The SMILES string of the molecule is CC(c1cccc(Br)c1)N1CCC(N)(C(=O)O)C1. The van der Waals surface area contributed by atoms with Crippen LogP contribution in [0.1, 0.15) is 24.9 Å². The molecule has 1 heterocycles. The molecule has 0 spiro atoms. The average molecular weight is 313 g/mol. The van der Waals surface area contributed by atoms with Gasteiger partial charge in [0.15, 0.2) is 0 Å². The lowest BCUT2D eigenvalue weighted by Crippen LogP contribution is -2.50. The fourth-order valence-electron chi connectivity index (χ4n) is 2.35. The van der Waals surface area contributed by atoms with E-state index in [1.807, 2.05) is 18.2 Å². The molecule has 0 radical (unpaired) electrons. The molecule has 0 aromatic heterocycles. The molecule has 1 aliphatic rings. The summed E-state index contributed by atoms with van der Waals surface area (Å²) in [5, 5.41) is 9.13. The van der Waals surface area contributed by atoms with Gasteiger partial charge in [-0.15, -0.1) is 0 Å². The van der Waals surface area contributed by atoms with E-state index in [-0.39, 0.29) is 6.04 Å². The van der Waals surface area contributed by atoms with Crippen molar-refractivity contribution in [3.8, 4) is 0 Å². The summed E-state index contributed by atoms with van der Waals surface area (Å²) in [5.41, 5.74) is 5.96. The van der Waals surface area contributed by atoms with E-state index in [9.17, 15) is 4.79 Å². The fraction of sp³-hybridized carbons (Fsp3) is 0.462. The number of nitrogens with two attached hydrogens (primary N) is 1. The highest BCUT2D eigenvalue weighted by molar-refractivity contribution is 9.10. The van der Waals surface area contributed by atoms with Gasteiger partial charge in [0.2, 0.25) is 0 Å². The summed E-state index contributed by atoms with van der Waals surface area (Å²) in [6.45, 7) is 3.20. The molecule has 1 aromatic carbocycles. The van der Waals surface area contributed by atoms with Crippen LogP contribution in [0.3, 0.4) is 0 Å². The van der Waals surface area contributed by atoms with Gasteiger partial charge >= 0.3 is 5.97 Å². The first kappa shape index (κ1) is 13.5. The molecule has 5 heteroatoms. The first-order chi connectivity index (χ1) is 8.42. The zero-order valence-corrected chi connectivity index (χ0v) is 11.9. The number of carboxylic acid groups (broad SMARTS) is 1. The van der Waals surface area contributed by atoms with Crippen molar-refractivity contribution in [3.63, 3.8) is 0 Å². The second-order valence-corrected chi connectivity index (χ2v) is 5.83. The van der Waals surface area contributed by atoms with E-state index in [4.69, 9.17) is 10.8 Å². The van der Waals surface area contributed by atoms with E-state index in [1.54, 1.807) is 0 Å². The normalized spacial score (nSPS) is 26.2. The highest BCUT2D eigenvalue weighted by Crippen LogP contribution is 2.29. The number of halogens is 1. The third kappa shape index (κ3) is 2.58. The van der Waals surface area contributed by atoms with E-state index in [0.29, 0.717) is 13.0 Å². The molecule has 2 unspecified atom stereocenters. The molecule has 98 valence electrons. The molecule has 0 amide bonds. The molecule has 1 aliphatic heterocycles. The minimum atomic E-state index is -1.10. The second-order valence-electron chi connectivity index (χ2n) is 4.91. The quantitative estimate of drug-likeness (QED) is 0.896. The monoisotopic (exact) mass is 312 g/mol. The van der Waals surface area contributed by atoms with Crippen molar-refractivity contribution in [3.05, 3.63) is 34.3 Å². The Morgan fingerprint density at radius 2 is 2.33 bits per heavy atom. The molecule has 0 saturated carbocycles. The lowest BCUT2D eigenvalue weighted by molar-refractivity contribution is -0.142. The Hall–Kier alpha value is -0.910. The topological polar surface area (TPSA) is 66.6 Å². The summed E-state index contributed by atoms with van der Waals surface area (Å²) < 4.78 is 1.03. The molecule has 1 saturated heterocycles. The highest BCUT2D eigenvalue weighted by Gasteiger charge is 2.42. The Morgan fingerprint density at radius 3 is 2.89 bits per heavy atom. The van der Waals surface area contributed by atoms with Crippen LogP contribution in [-0.2, 0) is 4.79 Å². The van der Waals surface area contributed by atoms with Gasteiger partial charge in [-0.2, -0.15) is 0 Å². The molecule has 3 N–H and O–H groups in total. The number of carbonyl (C=O) groups is 1. The Balaban J connectivity index is 2.12. The lowest BCUT2D eigenvalue weighted by Gasteiger charge is -2.26. The van der Waals surface area contributed by atoms with Crippen LogP contribution in [0, 0.1) is 0 Å². The van der Waals surface area contributed by atoms with Crippen molar-refractivity contribution in [2.24, 2.45) is 5.73 Å². The van der Waals surface area contributed by atoms with Crippen LogP contribution in [0.5, 0.6) is 0 Å². The number of nitrogens with zero attached hydrogens (tertiary/aromatic N) is 1. The zero-order valence-electron chi connectivity index (χ0n) is 10.3. The lowest BCUT2D eigenvalue weighted by atomic mass is 10.0. The van der Waals surface area contributed by atoms with E-state index in [0.717, 1.165) is 11.0 Å². The first-order valence-corrected chi connectivity index (χ1v) is 6.73. The molecule has 2 atom stereocenters. The van der Waals surface area contributed by atoms with Crippen LogP contribution < -0.4 is 5.73 Å².